The van der Waals surface area contributed by atoms with Gasteiger partial charge >= 0.3 is 0 Å². The molecule has 8 heavy (non-hydrogen) atoms. The van der Waals surface area contributed by atoms with Gasteiger partial charge in [0, 0.05) is 4.48 Å². The predicted octanol–water partition coefficient (Wildman–Crippen LogP) is 3.03. The van der Waals surface area contributed by atoms with E-state index in [0.717, 1.165) is 4.48 Å². The Hall–Kier alpha value is -0.300. The summed E-state index contributed by atoms with van der Waals surface area (Å²) in [4.78, 5) is 0. The first-order valence-electron chi connectivity index (χ1n) is 2.42. The molecule has 0 nitrogen and oxygen atoms in total. The molecule has 0 spiro atoms. The highest BCUT2D eigenvalue weighted by Gasteiger charge is 1.74. The van der Waals surface area contributed by atoms with Crippen LogP contribution in [0.1, 0.15) is 6.92 Å². The van der Waals surface area contributed by atoms with Gasteiger partial charge in [-0.15, -0.1) is 0 Å². The second-order valence-electron chi connectivity index (χ2n) is 1.29. The van der Waals surface area contributed by atoms with E-state index in [1.54, 1.807) is 6.08 Å². The molecule has 0 aromatic carbocycles. The van der Waals surface area contributed by atoms with E-state index in [9.17, 15) is 0 Å². The van der Waals surface area contributed by atoms with Crippen LogP contribution in [0.4, 0.5) is 0 Å². The number of halogens is 1. The Balaban J connectivity index is 3.79. The number of allylic oxidation sites excluding steroid dienone is 5. The molecular formula is C7H9Br. The predicted molar refractivity (Wildman–Crippen MR) is 42.0 cm³/mol. The maximum atomic E-state index is 3.54. The van der Waals surface area contributed by atoms with Gasteiger partial charge in [0.1, 0.15) is 0 Å². The first-order chi connectivity index (χ1) is 3.81. The normalized spacial score (nSPS) is 12.5. The van der Waals surface area contributed by atoms with Gasteiger partial charge in [0.2, 0.25) is 0 Å². The second kappa shape index (κ2) is 4.85. The zero-order chi connectivity index (χ0) is 6.41. The monoisotopic (exact) mass is 172 g/mol. The molecule has 0 aromatic rings. The molecule has 0 N–H and O–H groups in total. The summed E-state index contributed by atoms with van der Waals surface area (Å²) in [5, 5.41) is 0. The van der Waals surface area contributed by atoms with Crippen molar-refractivity contribution >= 4 is 15.9 Å². The molecular weight excluding hydrogens is 164 g/mol. The summed E-state index contributed by atoms with van der Waals surface area (Å²) in [5.74, 6) is 0. The van der Waals surface area contributed by atoms with Gasteiger partial charge < -0.3 is 0 Å². The van der Waals surface area contributed by atoms with Crippen LogP contribution < -0.4 is 0 Å². The molecule has 0 bridgehead atoms. The molecule has 0 aliphatic rings. The summed E-state index contributed by atoms with van der Waals surface area (Å²) in [7, 11) is 0. The summed E-state index contributed by atoms with van der Waals surface area (Å²) in [5.41, 5.74) is 0. The van der Waals surface area contributed by atoms with Crippen LogP contribution in [0.15, 0.2) is 35.4 Å². The van der Waals surface area contributed by atoms with Gasteiger partial charge in [0.15, 0.2) is 0 Å². The maximum Gasteiger partial charge on any atom is 0.0171 e. The van der Waals surface area contributed by atoms with Crippen molar-refractivity contribution in [2.75, 3.05) is 0 Å². The molecule has 0 fully saturated rings. The van der Waals surface area contributed by atoms with E-state index >= 15 is 0 Å². The quantitative estimate of drug-likeness (QED) is 0.563. The van der Waals surface area contributed by atoms with E-state index in [1.807, 2.05) is 25.2 Å². The van der Waals surface area contributed by atoms with Crippen molar-refractivity contribution in [2.24, 2.45) is 0 Å². The van der Waals surface area contributed by atoms with Crippen molar-refractivity contribution in [2.45, 2.75) is 6.92 Å². The number of hydrogen-bond donors (Lipinski definition) is 0. The molecule has 0 saturated carbocycles. The van der Waals surface area contributed by atoms with E-state index < -0.39 is 0 Å². The average molecular weight is 173 g/mol. The van der Waals surface area contributed by atoms with Crippen molar-refractivity contribution in [3.05, 3.63) is 35.4 Å². The molecule has 0 rings (SSSR count). The first kappa shape index (κ1) is 7.70. The molecule has 0 aliphatic heterocycles. The van der Waals surface area contributed by atoms with Crippen LogP contribution in [0.25, 0.3) is 0 Å². The fourth-order valence-corrected chi connectivity index (χ4v) is 0.779. The Labute approximate surface area is 58.7 Å². The summed E-state index contributed by atoms with van der Waals surface area (Å²) < 4.78 is 1.05. The minimum Gasteiger partial charge on any atom is -0.0990 e. The molecule has 0 atom stereocenters. The van der Waals surface area contributed by atoms with Crippen LogP contribution in [-0.2, 0) is 0 Å². The summed E-state index contributed by atoms with van der Waals surface area (Å²) in [6, 6.07) is 0. The molecule has 0 heterocycles. The van der Waals surface area contributed by atoms with Crippen LogP contribution in [0.2, 0.25) is 0 Å². The summed E-state index contributed by atoms with van der Waals surface area (Å²) in [6.07, 6.45) is 7.55. The Morgan fingerprint density at radius 3 is 2.62 bits per heavy atom. The van der Waals surface area contributed by atoms with Gasteiger partial charge in [-0.05, 0) is 13.0 Å². The van der Waals surface area contributed by atoms with E-state index in [-0.39, 0.29) is 0 Å². The molecule has 0 amide bonds. The fraction of sp³-hybridized carbons (Fsp3) is 0.143. The average Bonchev–Trinajstić information content (AvgIpc) is 1.68. The van der Waals surface area contributed by atoms with Gasteiger partial charge in [-0.3, -0.25) is 0 Å². The Morgan fingerprint density at radius 1 is 1.62 bits per heavy atom. The third kappa shape index (κ3) is 3.88. The lowest BCUT2D eigenvalue weighted by atomic mass is 10.4. The smallest absolute Gasteiger partial charge is 0.0171 e. The van der Waals surface area contributed by atoms with E-state index in [4.69, 9.17) is 0 Å². The van der Waals surface area contributed by atoms with Crippen LogP contribution in [0.5, 0.6) is 0 Å². The zero-order valence-electron chi connectivity index (χ0n) is 4.89. The summed E-state index contributed by atoms with van der Waals surface area (Å²) in [6.45, 7) is 5.51. The number of rotatable bonds is 2. The van der Waals surface area contributed by atoms with Gasteiger partial charge in [-0.1, -0.05) is 40.7 Å². The standard InChI is InChI=1S/C7H9Br/c1-3-5-7(8)6-4-2/h3-6H,1H2,2H3/b6-4-,7-5-. The van der Waals surface area contributed by atoms with Crippen LogP contribution >= 0.6 is 15.9 Å². The lowest BCUT2D eigenvalue weighted by Crippen LogP contribution is -1.55. The molecule has 0 aromatic heterocycles. The third-order valence-corrected chi connectivity index (χ3v) is 1.13. The SMILES string of the molecule is C=C/C=C(Br)/C=C\C. The lowest BCUT2D eigenvalue weighted by Gasteiger charge is -1.80. The molecule has 0 radical (unpaired) electrons. The molecule has 0 unspecified atom stereocenters. The van der Waals surface area contributed by atoms with E-state index in [2.05, 4.69) is 22.5 Å². The van der Waals surface area contributed by atoms with Crippen LogP contribution in [0, 0.1) is 0 Å². The van der Waals surface area contributed by atoms with Crippen LogP contribution in [0.3, 0.4) is 0 Å². The zero-order valence-corrected chi connectivity index (χ0v) is 6.48. The van der Waals surface area contributed by atoms with Crippen molar-refractivity contribution in [1.82, 2.24) is 0 Å². The Morgan fingerprint density at radius 2 is 2.25 bits per heavy atom. The number of hydrogen-bond acceptors (Lipinski definition) is 0. The van der Waals surface area contributed by atoms with Crippen LogP contribution in [-0.4, -0.2) is 0 Å². The highest BCUT2D eigenvalue weighted by Crippen LogP contribution is 2.05. The third-order valence-electron chi connectivity index (χ3n) is 0.603. The highest BCUT2D eigenvalue weighted by atomic mass is 79.9. The molecule has 0 aliphatic carbocycles. The van der Waals surface area contributed by atoms with Gasteiger partial charge in [0.25, 0.3) is 0 Å². The van der Waals surface area contributed by atoms with Gasteiger partial charge in [0.05, 0.1) is 0 Å². The van der Waals surface area contributed by atoms with Crippen molar-refractivity contribution in [3.63, 3.8) is 0 Å². The van der Waals surface area contributed by atoms with E-state index in [0.29, 0.717) is 0 Å². The van der Waals surface area contributed by atoms with Crippen molar-refractivity contribution < 1.29 is 0 Å². The topological polar surface area (TPSA) is 0 Å². The minimum atomic E-state index is 1.05. The lowest BCUT2D eigenvalue weighted by molar-refractivity contribution is 1.72. The van der Waals surface area contributed by atoms with Crippen molar-refractivity contribution in [3.8, 4) is 0 Å². The highest BCUT2D eigenvalue weighted by molar-refractivity contribution is 9.11. The molecule has 0 saturated heterocycles. The van der Waals surface area contributed by atoms with Crippen molar-refractivity contribution in [1.29, 1.82) is 0 Å². The fourth-order valence-electron chi connectivity index (χ4n) is 0.327. The Kier molecular flexibility index (Phi) is 4.67. The minimum absolute atomic E-state index is 1.05. The van der Waals surface area contributed by atoms with Gasteiger partial charge in [-0.2, -0.15) is 0 Å². The molecule has 44 valence electrons. The first-order valence-corrected chi connectivity index (χ1v) is 3.21. The Bertz CT molecular complexity index is 120. The molecule has 1 heteroatoms. The summed E-state index contributed by atoms with van der Waals surface area (Å²) >= 11 is 3.30. The van der Waals surface area contributed by atoms with E-state index in [1.165, 1.54) is 0 Å². The van der Waals surface area contributed by atoms with Gasteiger partial charge in [-0.25, -0.2) is 0 Å². The largest absolute Gasteiger partial charge is 0.0990 e. The maximum absolute atomic E-state index is 3.54. The second-order valence-corrected chi connectivity index (χ2v) is 2.20.